The van der Waals surface area contributed by atoms with Crippen molar-refractivity contribution in [3.05, 3.63) is 12.2 Å². The van der Waals surface area contributed by atoms with Crippen LogP contribution in [-0.2, 0) is 7.05 Å². The van der Waals surface area contributed by atoms with Crippen LogP contribution in [0.2, 0.25) is 0 Å². The van der Waals surface area contributed by atoms with Crippen LogP contribution in [0.5, 0.6) is 0 Å². The summed E-state index contributed by atoms with van der Waals surface area (Å²) in [6, 6.07) is 0. The molecule has 0 bridgehead atoms. The van der Waals surface area contributed by atoms with Crippen molar-refractivity contribution in [1.29, 1.82) is 0 Å². The number of nitrogens with zero attached hydrogens (tertiary/aromatic N) is 3. The number of hydrogen-bond acceptors (Lipinski definition) is 2. The minimum atomic E-state index is 0.944. The Morgan fingerprint density at radius 2 is 1.54 bits per heavy atom. The van der Waals surface area contributed by atoms with Crippen molar-refractivity contribution in [1.82, 2.24) is 14.8 Å². The highest BCUT2D eigenvalue weighted by Gasteiger charge is 1.95. The first kappa shape index (κ1) is 10.2. The van der Waals surface area contributed by atoms with Gasteiger partial charge in [0.25, 0.3) is 0 Å². The Kier molecular flexibility index (Phi) is 4.50. The molecule has 3 heteroatoms. The third-order valence-corrected chi connectivity index (χ3v) is 2.44. The molecule has 0 aromatic carbocycles. The highest BCUT2D eigenvalue weighted by molar-refractivity contribution is 4.76. The lowest BCUT2D eigenvalue weighted by atomic mass is 10.0. The van der Waals surface area contributed by atoms with E-state index >= 15 is 0 Å². The molecular weight excluding hydrogens is 162 g/mol. The van der Waals surface area contributed by atoms with E-state index in [-0.39, 0.29) is 0 Å². The van der Waals surface area contributed by atoms with E-state index in [1.54, 1.807) is 6.33 Å². The van der Waals surface area contributed by atoms with Crippen molar-refractivity contribution >= 4 is 0 Å². The summed E-state index contributed by atoms with van der Waals surface area (Å²) in [7, 11) is 1.91. The Balaban J connectivity index is 0.000000132. The first-order valence-corrected chi connectivity index (χ1v) is 5.11. The molecule has 0 N–H and O–H groups in total. The van der Waals surface area contributed by atoms with Gasteiger partial charge in [0, 0.05) is 7.05 Å². The van der Waals surface area contributed by atoms with Gasteiger partial charge in [-0.1, -0.05) is 38.5 Å². The topological polar surface area (TPSA) is 30.7 Å². The maximum absolute atomic E-state index is 3.73. The molecule has 1 fully saturated rings. The first-order chi connectivity index (χ1) is 6.30. The lowest BCUT2D eigenvalue weighted by Crippen LogP contribution is -1.86. The zero-order valence-corrected chi connectivity index (χ0v) is 8.66. The Morgan fingerprint density at radius 1 is 1.08 bits per heavy atom. The molecule has 1 saturated carbocycles. The third kappa shape index (κ3) is 4.06. The zero-order chi connectivity index (χ0) is 9.52. The van der Waals surface area contributed by atoms with Crippen LogP contribution in [0.25, 0.3) is 0 Å². The van der Waals surface area contributed by atoms with Gasteiger partial charge in [0.2, 0.25) is 0 Å². The average Bonchev–Trinajstić information content (AvgIpc) is 2.55. The Morgan fingerprint density at radius 3 is 1.69 bits per heavy atom. The van der Waals surface area contributed by atoms with Crippen LogP contribution < -0.4 is 0 Å². The molecule has 1 aliphatic rings. The highest BCUT2D eigenvalue weighted by Crippen LogP contribution is 2.15. The maximum atomic E-state index is 3.73. The van der Waals surface area contributed by atoms with Gasteiger partial charge in [-0.15, -0.1) is 10.2 Å². The second-order valence-electron chi connectivity index (χ2n) is 3.61. The normalized spacial score (nSPS) is 16.2. The Bertz CT molecular complexity index is 198. The molecular formula is C10H19N3. The van der Waals surface area contributed by atoms with Crippen LogP contribution in [0, 0.1) is 6.92 Å². The number of hydrogen-bond donors (Lipinski definition) is 0. The molecule has 0 atom stereocenters. The predicted octanol–water partition coefficient (Wildman–Crippen LogP) is 2.46. The van der Waals surface area contributed by atoms with E-state index in [2.05, 4.69) is 10.2 Å². The average molecular weight is 181 g/mol. The number of aromatic nitrogens is 3. The molecule has 0 unspecified atom stereocenters. The van der Waals surface area contributed by atoms with E-state index in [1.165, 1.54) is 38.5 Å². The molecule has 1 aliphatic carbocycles. The molecule has 0 saturated heterocycles. The van der Waals surface area contributed by atoms with Crippen molar-refractivity contribution in [2.45, 2.75) is 45.4 Å². The number of aryl methyl sites for hydroxylation is 2. The Labute approximate surface area is 80.2 Å². The van der Waals surface area contributed by atoms with Gasteiger partial charge >= 0.3 is 0 Å². The van der Waals surface area contributed by atoms with E-state index in [1.807, 2.05) is 18.5 Å². The molecule has 0 radical (unpaired) electrons. The summed E-state index contributed by atoms with van der Waals surface area (Å²) >= 11 is 0. The van der Waals surface area contributed by atoms with Crippen LogP contribution in [0.4, 0.5) is 0 Å². The quantitative estimate of drug-likeness (QED) is 0.615. The van der Waals surface area contributed by atoms with Crippen LogP contribution in [0.1, 0.15) is 44.3 Å². The minimum absolute atomic E-state index is 0.944. The molecule has 0 spiro atoms. The largest absolute Gasteiger partial charge is 0.321 e. The molecule has 1 heterocycles. The van der Waals surface area contributed by atoms with E-state index in [9.17, 15) is 0 Å². The van der Waals surface area contributed by atoms with Crippen molar-refractivity contribution in [3.8, 4) is 0 Å². The number of rotatable bonds is 0. The Hall–Kier alpha value is -0.860. The molecule has 74 valence electrons. The van der Waals surface area contributed by atoms with E-state index in [0.717, 1.165) is 5.82 Å². The van der Waals surface area contributed by atoms with Crippen LogP contribution in [0.3, 0.4) is 0 Å². The van der Waals surface area contributed by atoms with E-state index in [4.69, 9.17) is 0 Å². The summed E-state index contributed by atoms with van der Waals surface area (Å²) in [5.74, 6) is 0.944. The van der Waals surface area contributed by atoms with E-state index < -0.39 is 0 Å². The van der Waals surface area contributed by atoms with Gasteiger partial charge in [-0.25, -0.2) is 0 Å². The summed E-state index contributed by atoms with van der Waals surface area (Å²) < 4.78 is 1.86. The standard InChI is InChI=1S/C6H12.C4H7N3/c1-2-4-6-5-3-1;1-4-6-5-3-7(4)2/h1-6H2;3H,1-2H3. The van der Waals surface area contributed by atoms with Gasteiger partial charge in [0.15, 0.2) is 0 Å². The van der Waals surface area contributed by atoms with Crippen molar-refractivity contribution in [2.24, 2.45) is 7.05 Å². The lowest BCUT2D eigenvalue weighted by molar-refractivity contribution is 0.504. The van der Waals surface area contributed by atoms with Crippen molar-refractivity contribution < 1.29 is 0 Å². The monoisotopic (exact) mass is 181 g/mol. The molecule has 1 aromatic heterocycles. The molecule has 3 nitrogen and oxygen atoms in total. The molecule has 13 heavy (non-hydrogen) atoms. The predicted molar refractivity (Wildman–Crippen MR) is 53.4 cm³/mol. The van der Waals surface area contributed by atoms with Crippen molar-refractivity contribution in [2.75, 3.05) is 0 Å². The second-order valence-corrected chi connectivity index (χ2v) is 3.61. The molecule has 2 rings (SSSR count). The van der Waals surface area contributed by atoms with Crippen LogP contribution in [0.15, 0.2) is 6.33 Å². The van der Waals surface area contributed by atoms with Crippen molar-refractivity contribution in [3.63, 3.8) is 0 Å². The van der Waals surface area contributed by atoms with Gasteiger partial charge in [0.1, 0.15) is 12.2 Å². The fraction of sp³-hybridized carbons (Fsp3) is 0.800. The summed E-state index contributed by atoms with van der Waals surface area (Å²) in [6.45, 7) is 1.91. The fourth-order valence-electron chi connectivity index (χ4n) is 1.40. The molecule has 0 amide bonds. The smallest absolute Gasteiger partial charge is 0.129 e. The second kappa shape index (κ2) is 5.73. The zero-order valence-electron chi connectivity index (χ0n) is 8.66. The maximum Gasteiger partial charge on any atom is 0.129 e. The minimum Gasteiger partial charge on any atom is -0.321 e. The molecule has 0 aliphatic heterocycles. The van der Waals surface area contributed by atoms with Gasteiger partial charge in [0.05, 0.1) is 0 Å². The summed E-state index contributed by atoms with van der Waals surface area (Å²) in [5, 5.41) is 7.36. The summed E-state index contributed by atoms with van der Waals surface area (Å²) in [4.78, 5) is 0. The van der Waals surface area contributed by atoms with Gasteiger partial charge < -0.3 is 4.57 Å². The van der Waals surface area contributed by atoms with Crippen LogP contribution >= 0.6 is 0 Å². The van der Waals surface area contributed by atoms with Gasteiger partial charge in [-0.3, -0.25) is 0 Å². The lowest BCUT2D eigenvalue weighted by Gasteiger charge is -2.05. The van der Waals surface area contributed by atoms with Crippen LogP contribution in [-0.4, -0.2) is 14.8 Å². The highest BCUT2D eigenvalue weighted by atomic mass is 15.2. The fourth-order valence-corrected chi connectivity index (χ4v) is 1.40. The SMILES string of the molecule is C1CCCCC1.Cc1nncn1C. The first-order valence-electron chi connectivity index (χ1n) is 5.11. The molecule has 1 aromatic rings. The third-order valence-electron chi connectivity index (χ3n) is 2.44. The van der Waals surface area contributed by atoms with Gasteiger partial charge in [-0.2, -0.15) is 0 Å². The summed E-state index contributed by atoms with van der Waals surface area (Å²) in [6.07, 6.45) is 10.7. The van der Waals surface area contributed by atoms with E-state index in [0.29, 0.717) is 0 Å². The summed E-state index contributed by atoms with van der Waals surface area (Å²) in [5.41, 5.74) is 0. The van der Waals surface area contributed by atoms with Gasteiger partial charge in [-0.05, 0) is 6.92 Å².